The predicted molar refractivity (Wildman–Crippen MR) is 104 cm³/mol. The molecule has 1 aliphatic rings. The maximum Gasteiger partial charge on any atom is 0.304 e. The summed E-state index contributed by atoms with van der Waals surface area (Å²) in [6.07, 6.45) is -0.861. The molecule has 1 aliphatic heterocycles. The third kappa shape index (κ3) is 4.35. The fourth-order valence-corrected chi connectivity index (χ4v) is 4.38. The average Bonchev–Trinajstić information content (AvgIpc) is 2.51. The van der Waals surface area contributed by atoms with Crippen LogP contribution in [-0.4, -0.2) is 37.4 Å². The summed E-state index contributed by atoms with van der Waals surface area (Å²) in [6.45, 7) is 14.5. The van der Waals surface area contributed by atoms with E-state index >= 15 is 0 Å². The highest BCUT2D eigenvalue weighted by Crippen LogP contribution is 2.41. The van der Waals surface area contributed by atoms with Crippen molar-refractivity contribution in [3.05, 3.63) is 35.9 Å². The van der Waals surface area contributed by atoms with Crippen LogP contribution in [0.5, 0.6) is 0 Å². The molecule has 0 N–H and O–H groups in total. The van der Waals surface area contributed by atoms with Crippen molar-refractivity contribution in [1.29, 1.82) is 0 Å². The number of likely N-dealkylation sites (tertiary alicyclic amines) is 1. The van der Waals surface area contributed by atoms with Crippen LogP contribution in [0, 0.1) is 5.92 Å². The first-order valence-corrected chi connectivity index (χ1v) is 12.0. The van der Waals surface area contributed by atoms with Gasteiger partial charge in [0, 0.05) is 13.5 Å². The summed E-state index contributed by atoms with van der Waals surface area (Å²) in [5.41, 5.74) is 1.01. The standard InChI is InChI=1S/C20H31NO4Si/c1-14(25-26(6,7)20(3,4)5)17-18(23)21(19(17)24-15(2)22)13-16-11-9-8-10-12-16/h8-12,14,17,19H,13H2,1-7H3/t14-,17+,19-/m1/s1. The summed E-state index contributed by atoms with van der Waals surface area (Å²) in [4.78, 5) is 26.0. The van der Waals surface area contributed by atoms with Crippen LogP contribution in [-0.2, 0) is 25.3 Å². The van der Waals surface area contributed by atoms with Crippen LogP contribution in [0.25, 0.3) is 0 Å². The van der Waals surface area contributed by atoms with Gasteiger partial charge in [0.05, 0.1) is 6.10 Å². The molecule has 0 radical (unpaired) electrons. The first-order valence-electron chi connectivity index (χ1n) is 9.13. The zero-order chi connectivity index (χ0) is 19.7. The Hall–Kier alpha value is -1.66. The van der Waals surface area contributed by atoms with Gasteiger partial charge in [0.1, 0.15) is 5.92 Å². The molecule has 0 saturated carbocycles. The number of carbonyl (C=O) groups excluding carboxylic acids is 2. The Morgan fingerprint density at radius 3 is 2.31 bits per heavy atom. The lowest BCUT2D eigenvalue weighted by atomic mass is 9.90. The highest BCUT2D eigenvalue weighted by Gasteiger charge is 2.54. The van der Waals surface area contributed by atoms with E-state index < -0.39 is 20.5 Å². The number of esters is 1. The van der Waals surface area contributed by atoms with Crippen LogP contribution >= 0.6 is 0 Å². The minimum absolute atomic E-state index is 0.0219. The van der Waals surface area contributed by atoms with Crippen molar-refractivity contribution in [3.63, 3.8) is 0 Å². The van der Waals surface area contributed by atoms with Crippen LogP contribution in [0.1, 0.15) is 40.2 Å². The molecule has 0 bridgehead atoms. The van der Waals surface area contributed by atoms with Gasteiger partial charge in [-0.25, -0.2) is 0 Å². The minimum atomic E-state index is -2.02. The van der Waals surface area contributed by atoms with Gasteiger partial charge in [0.15, 0.2) is 14.5 Å². The van der Waals surface area contributed by atoms with Gasteiger partial charge in [0.2, 0.25) is 5.91 Å². The molecule has 1 saturated heterocycles. The Morgan fingerprint density at radius 2 is 1.81 bits per heavy atom. The summed E-state index contributed by atoms with van der Waals surface area (Å²) in [7, 11) is -2.02. The molecule has 0 aliphatic carbocycles. The van der Waals surface area contributed by atoms with Gasteiger partial charge >= 0.3 is 5.97 Å². The fraction of sp³-hybridized carbons (Fsp3) is 0.600. The van der Waals surface area contributed by atoms with Crippen molar-refractivity contribution >= 4 is 20.2 Å². The Balaban J connectivity index is 2.14. The number of benzene rings is 1. The van der Waals surface area contributed by atoms with E-state index in [1.165, 1.54) is 6.92 Å². The average molecular weight is 378 g/mol. The molecule has 0 aromatic heterocycles. The summed E-state index contributed by atoms with van der Waals surface area (Å²) >= 11 is 0. The van der Waals surface area contributed by atoms with Crippen molar-refractivity contribution < 1.29 is 18.8 Å². The zero-order valence-corrected chi connectivity index (χ0v) is 17.9. The van der Waals surface area contributed by atoms with Gasteiger partial charge in [0.25, 0.3) is 0 Å². The van der Waals surface area contributed by atoms with E-state index in [0.29, 0.717) is 6.54 Å². The quantitative estimate of drug-likeness (QED) is 0.428. The SMILES string of the molecule is CC(=O)O[C@@H]1[C@@H]([C@@H](C)O[Si](C)(C)C(C)(C)C)C(=O)N1Cc1ccccc1. The number of β-lactam (4-membered cyclic amide) rings is 1. The molecule has 1 aromatic carbocycles. The smallest absolute Gasteiger partial charge is 0.304 e. The van der Waals surface area contributed by atoms with Crippen LogP contribution in [0.4, 0.5) is 0 Å². The number of hydrogen-bond donors (Lipinski definition) is 0. The molecule has 1 fully saturated rings. The van der Waals surface area contributed by atoms with E-state index in [1.54, 1.807) is 4.90 Å². The Bertz CT molecular complexity index is 654. The molecule has 144 valence electrons. The summed E-state index contributed by atoms with van der Waals surface area (Å²) in [5, 5.41) is 0.0503. The zero-order valence-electron chi connectivity index (χ0n) is 16.9. The number of hydrogen-bond acceptors (Lipinski definition) is 4. The Kier molecular flexibility index (Phi) is 5.98. The predicted octanol–water partition coefficient (Wildman–Crippen LogP) is 3.94. The van der Waals surface area contributed by atoms with Gasteiger partial charge in [-0.1, -0.05) is 51.1 Å². The maximum atomic E-state index is 12.8. The third-order valence-electron chi connectivity index (χ3n) is 5.46. The van der Waals surface area contributed by atoms with E-state index in [-0.39, 0.29) is 23.0 Å². The number of nitrogens with zero attached hydrogens (tertiary/aromatic N) is 1. The van der Waals surface area contributed by atoms with Gasteiger partial charge < -0.3 is 14.1 Å². The lowest BCUT2D eigenvalue weighted by molar-refractivity contribution is -0.207. The lowest BCUT2D eigenvalue weighted by Gasteiger charge is -2.50. The van der Waals surface area contributed by atoms with Crippen LogP contribution in [0.15, 0.2) is 30.3 Å². The van der Waals surface area contributed by atoms with E-state index in [9.17, 15) is 9.59 Å². The van der Waals surface area contributed by atoms with Gasteiger partial charge in [-0.2, -0.15) is 0 Å². The summed E-state index contributed by atoms with van der Waals surface area (Å²) < 4.78 is 11.9. The van der Waals surface area contributed by atoms with Crippen molar-refractivity contribution in [3.8, 4) is 0 Å². The monoisotopic (exact) mass is 377 g/mol. The second-order valence-electron chi connectivity index (χ2n) is 8.56. The molecule has 3 atom stereocenters. The Morgan fingerprint density at radius 1 is 1.23 bits per heavy atom. The molecule has 6 heteroatoms. The number of ether oxygens (including phenoxy) is 1. The number of carbonyl (C=O) groups is 2. The van der Waals surface area contributed by atoms with Crippen LogP contribution in [0.2, 0.25) is 18.1 Å². The van der Waals surface area contributed by atoms with Crippen molar-refractivity contribution in [1.82, 2.24) is 4.90 Å². The van der Waals surface area contributed by atoms with Crippen LogP contribution in [0.3, 0.4) is 0 Å². The molecular weight excluding hydrogens is 346 g/mol. The van der Waals surface area contributed by atoms with Crippen LogP contribution < -0.4 is 0 Å². The highest BCUT2D eigenvalue weighted by molar-refractivity contribution is 6.74. The largest absolute Gasteiger partial charge is 0.441 e. The first kappa shape index (κ1) is 20.6. The Labute approximate surface area is 157 Å². The molecule has 1 amide bonds. The van der Waals surface area contributed by atoms with Crippen molar-refractivity contribution in [2.45, 2.75) is 71.6 Å². The lowest BCUT2D eigenvalue weighted by Crippen LogP contribution is -2.66. The van der Waals surface area contributed by atoms with E-state index in [1.807, 2.05) is 37.3 Å². The number of rotatable bonds is 6. The molecule has 0 unspecified atom stereocenters. The van der Waals surface area contributed by atoms with Crippen molar-refractivity contribution in [2.75, 3.05) is 0 Å². The topological polar surface area (TPSA) is 55.8 Å². The second kappa shape index (κ2) is 7.52. The first-order chi connectivity index (χ1) is 11.9. The molecule has 1 aromatic rings. The van der Waals surface area contributed by atoms with Gasteiger partial charge in [-0.15, -0.1) is 0 Å². The molecule has 2 rings (SSSR count). The van der Waals surface area contributed by atoms with Crippen molar-refractivity contribution in [2.24, 2.45) is 5.92 Å². The molecule has 26 heavy (non-hydrogen) atoms. The van der Waals surface area contributed by atoms with Gasteiger partial charge in [-0.3, -0.25) is 9.59 Å². The fourth-order valence-electron chi connectivity index (χ4n) is 2.95. The summed E-state index contributed by atoms with van der Waals surface area (Å²) in [5.74, 6) is -0.854. The van der Waals surface area contributed by atoms with E-state index in [4.69, 9.17) is 9.16 Å². The molecule has 0 spiro atoms. The maximum absolute atomic E-state index is 12.8. The third-order valence-corrected chi connectivity index (χ3v) is 10.0. The molecule has 1 heterocycles. The van der Waals surface area contributed by atoms with E-state index in [0.717, 1.165) is 5.56 Å². The molecular formula is C20H31NO4Si. The van der Waals surface area contributed by atoms with E-state index in [2.05, 4.69) is 33.9 Å². The second-order valence-corrected chi connectivity index (χ2v) is 13.3. The normalized spacial score (nSPS) is 22.0. The highest BCUT2D eigenvalue weighted by atomic mass is 28.4. The summed E-state index contributed by atoms with van der Waals surface area (Å²) in [6, 6.07) is 9.72. The van der Waals surface area contributed by atoms with Gasteiger partial charge in [-0.05, 0) is 30.6 Å². The minimum Gasteiger partial charge on any atom is -0.441 e. The number of amides is 1. The molecule has 5 nitrogen and oxygen atoms in total.